The molecule has 2 aromatic rings. The molecule has 0 spiro atoms. The molecular weight excluding hydrogens is 396 g/mol. The van der Waals surface area contributed by atoms with Gasteiger partial charge in [0.2, 0.25) is 11.8 Å². The van der Waals surface area contributed by atoms with Gasteiger partial charge in [-0.1, -0.05) is 35.5 Å². The fourth-order valence-corrected chi connectivity index (χ4v) is 5.35. The monoisotopic (exact) mass is 426 g/mol. The number of ether oxygens (including phenoxy) is 2. The summed E-state index contributed by atoms with van der Waals surface area (Å²) in [5.74, 6) is 1.63. The Labute approximate surface area is 182 Å². The van der Waals surface area contributed by atoms with Crippen LogP contribution in [-0.2, 0) is 26.3 Å². The number of nitrogens with zero attached hydrogens (tertiary/aromatic N) is 4. The van der Waals surface area contributed by atoms with E-state index in [-0.39, 0.29) is 23.8 Å². The van der Waals surface area contributed by atoms with Gasteiger partial charge in [0.25, 0.3) is 0 Å². The highest BCUT2D eigenvalue weighted by molar-refractivity contribution is 5.78. The molecule has 1 aromatic heterocycles. The Hall–Kier alpha value is -2.29. The first-order chi connectivity index (χ1) is 15.1. The number of hydrogen-bond donors (Lipinski definition) is 0. The van der Waals surface area contributed by atoms with Crippen molar-refractivity contribution in [3.8, 4) is 0 Å². The van der Waals surface area contributed by atoms with Crippen LogP contribution < -0.4 is 0 Å². The first kappa shape index (κ1) is 20.6. The maximum Gasteiger partial charge on any atom is 0.248 e. The molecule has 0 saturated carbocycles. The summed E-state index contributed by atoms with van der Waals surface area (Å²) in [6.07, 6.45) is 2.11. The lowest BCUT2D eigenvalue weighted by atomic mass is 9.81. The summed E-state index contributed by atoms with van der Waals surface area (Å²) < 4.78 is 16.9. The number of aryl methyl sites for hydroxylation is 1. The number of benzene rings is 1. The third-order valence-corrected chi connectivity index (χ3v) is 6.99. The number of amides is 1. The van der Waals surface area contributed by atoms with Crippen LogP contribution in [0.15, 0.2) is 34.9 Å². The van der Waals surface area contributed by atoms with Gasteiger partial charge in [0.15, 0.2) is 5.82 Å². The lowest BCUT2D eigenvalue weighted by molar-refractivity contribution is -0.136. The predicted octanol–water partition coefficient (Wildman–Crippen LogP) is 1.79. The molecule has 8 nitrogen and oxygen atoms in total. The zero-order valence-electron chi connectivity index (χ0n) is 18.0. The highest BCUT2D eigenvalue weighted by Crippen LogP contribution is 2.45. The van der Waals surface area contributed by atoms with Crippen molar-refractivity contribution < 1.29 is 18.8 Å². The number of fused-ring (bicyclic) bond motifs is 1. The van der Waals surface area contributed by atoms with Crippen LogP contribution in [0.2, 0.25) is 0 Å². The van der Waals surface area contributed by atoms with Gasteiger partial charge in [0, 0.05) is 51.4 Å². The molecule has 3 aliphatic rings. The van der Waals surface area contributed by atoms with Gasteiger partial charge < -0.3 is 18.9 Å². The molecule has 31 heavy (non-hydrogen) atoms. The van der Waals surface area contributed by atoms with Crippen molar-refractivity contribution in [3.05, 3.63) is 47.6 Å². The van der Waals surface area contributed by atoms with Gasteiger partial charge in [0.05, 0.1) is 12.0 Å². The van der Waals surface area contributed by atoms with E-state index in [4.69, 9.17) is 14.0 Å². The highest BCUT2D eigenvalue weighted by atomic mass is 16.5. The molecule has 8 heteroatoms. The number of carbonyl (C=O) groups excluding carboxylic acids is 1. The number of likely N-dealkylation sites (tertiary alicyclic amines) is 2. The predicted molar refractivity (Wildman–Crippen MR) is 112 cm³/mol. The Bertz CT molecular complexity index is 898. The van der Waals surface area contributed by atoms with E-state index in [0.717, 1.165) is 44.7 Å². The number of carbonyl (C=O) groups is 1. The van der Waals surface area contributed by atoms with Crippen molar-refractivity contribution >= 4 is 5.91 Å². The molecule has 1 amide bonds. The summed E-state index contributed by atoms with van der Waals surface area (Å²) in [5, 5.41) is 4.05. The Morgan fingerprint density at radius 2 is 2.00 bits per heavy atom. The highest BCUT2D eigenvalue weighted by Gasteiger charge is 2.58. The summed E-state index contributed by atoms with van der Waals surface area (Å²) in [7, 11) is 0. The molecule has 0 aliphatic carbocycles. The minimum Gasteiger partial charge on any atom is -0.381 e. The zero-order chi connectivity index (χ0) is 21.3. The zero-order valence-corrected chi connectivity index (χ0v) is 18.0. The van der Waals surface area contributed by atoms with E-state index in [2.05, 4.69) is 15.0 Å². The van der Waals surface area contributed by atoms with Gasteiger partial charge in [-0.25, -0.2) is 0 Å². The summed E-state index contributed by atoms with van der Waals surface area (Å²) >= 11 is 0. The Kier molecular flexibility index (Phi) is 5.77. The summed E-state index contributed by atoms with van der Waals surface area (Å²) in [6, 6.07) is 10.5. The van der Waals surface area contributed by atoms with E-state index >= 15 is 0 Å². The molecule has 0 unspecified atom stereocenters. The Morgan fingerprint density at radius 3 is 2.74 bits per heavy atom. The van der Waals surface area contributed by atoms with Gasteiger partial charge in [-0.2, -0.15) is 4.98 Å². The molecule has 3 saturated heterocycles. The third-order valence-electron chi connectivity index (χ3n) is 6.99. The minimum absolute atomic E-state index is 0.0264. The van der Waals surface area contributed by atoms with Crippen LogP contribution in [0, 0.1) is 12.8 Å². The maximum atomic E-state index is 12.9. The lowest BCUT2D eigenvalue weighted by Gasteiger charge is -2.33. The van der Waals surface area contributed by atoms with E-state index in [9.17, 15) is 4.79 Å². The van der Waals surface area contributed by atoms with Gasteiger partial charge in [-0.15, -0.1) is 0 Å². The molecule has 166 valence electrons. The number of rotatable bonds is 6. The van der Waals surface area contributed by atoms with Crippen LogP contribution in [-0.4, -0.2) is 77.9 Å². The fraction of sp³-hybridized carbons (Fsp3) is 0.609. The molecule has 4 heterocycles. The van der Waals surface area contributed by atoms with Crippen molar-refractivity contribution in [1.82, 2.24) is 19.9 Å². The first-order valence-corrected chi connectivity index (χ1v) is 11.2. The molecule has 5 rings (SSSR count). The number of aromatic nitrogens is 2. The normalized spacial score (nSPS) is 27.0. The van der Waals surface area contributed by atoms with E-state index in [0.29, 0.717) is 37.5 Å². The molecule has 0 bridgehead atoms. The van der Waals surface area contributed by atoms with Crippen molar-refractivity contribution in [3.63, 3.8) is 0 Å². The van der Waals surface area contributed by atoms with Crippen molar-refractivity contribution in [2.45, 2.75) is 37.8 Å². The molecule has 0 N–H and O–H groups in total. The standard InChI is InChI=1S/C23H30N4O4/c1-17-24-22(31-25-17)23-15-26(20-7-9-29-10-8-20)11-19(23)12-27(16-23)21(28)14-30-13-18-5-3-2-4-6-18/h2-6,19-20H,7-16H2,1H3/t19-,23-/m1/s1. The van der Waals surface area contributed by atoms with Gasteiger partial charge in [-0.3, -0.25) is 9.69 Å². The van der Waals surface area contributed by atoms with Gasteiger partial charge in [-0.05, 0) is 25.3 Å². The van der Waals surface area contributed by atoms with E-state index in [1.54, 1.807) is 0 Å². The van der Waals surface area contributed by atoms with Crippen LogP contribution in [0.1, 0.15) is 30.1 Å². The van der Waals surface area contributed by atoms with Crippen LogP contribution in [0.5, 0.6) is 0 Å². The van der Waals surface area contributed by atoms with Crippen LogP contribution in [0.25, 0.3) is 0 Å². The second-order valence-corrected chi connectivity index (χ2v) is 9.03. The topological polar surface area (TPSA) is 80.9 Å². The second-order valence-electron chi connectivity index (χ2n) is 9.03. The second kappa shape index (κ2) is 8.68. The quantitative estimate of drug-likeness (QED) is 0.697. The summed E-state index contributed by atoms with van der Waals surface area (Å²) in [6.45, 7) is 7.11. The van der Waals surface area contributed by atoms with Crippen molar-refractivity contribution in [2.75, 3.05) is 46.0 Å². The van der Waals surface area contributed by atoms with Crippen molar-refractivity contribution in [2.24, 2.45) is 5.92 Å². The molecule has 0 radical (unpaired) electrons. The van der Waals surface area contributed by atoms with E-state index in [1.165, 1.54) is 0 Å². The number of hydrogen-bond acceptors (Lipinski definition) is 7. The smallest absolute Gasteiger partial charge is 0.248 e. The van der Waals surface area contributed by atoms with E-state index < -0.39 is 0 Å². The maximum absolute atomic E-state index is 12.9. The van der Waals surface area contributed by atoms with Crippen LogP contribution in [0.3, 0.4) is 0 Å². The molecule has 2 atom stereocenters. The fourth-order valence-electron chi connectivity index (χ4n) is 5.35. The summed E-state index contributed by atoms with van der Waals surface area (Å²) in [4.78, 5) is 22.0. The molecular formula is C23H30N4O4. The average Bonchev–Trinajstić information content (AvgIpc) is 3.48. The molecule has 3 fully saturated rings. The van der Waals surface area contributed by atoms with Crippen LogP contribution >= 0.6 is 0 Å². The largest absolute Gasteiger partial charge is 0.381 e. The summed E-state index contributed by atoms with van der Waals surface area (Å²) in [5.41, 5.74) is 0.771. The van der Waals surface area contributed by atoms with E-state index in [1.807, 2.05) is 42.2 Å². The Morgan fingerprint density at radius 1 is 1.19 bits per heavy atom. The van der Waals surface area contributed by atoms with Gasteiger partial charge >= 0.3 is 0 Å². The average molecular weight is 427 g/mol. The third kappa shape index (κ3) is 4.12. The van der Waals surface area contributed by atoms with Gasteiger partial charge in [0.1, 0.15) is 6.61 Å². The molecule has 1 aromatic carbocycles. The minimum atomic E-state index is -0.297. The Balaban J connectivity index is 1.26. The first-order valence-electron chi connectivity index (χ1n) is 11.2. The lowest BCUT2D eigenvalue weighted by Crippen LogP contribution is -2.44. The molecule has 3 aliphatic heterocycles. The van der Waals surface area contributed by atoms with Crippen LogP contribution in [0.4, 0.5) is 0 Å². The SMILES string of the molecule is Cc1noc([C@]23CN(C(=O)COCc4ccccc4)C[C@H]2CN(C2CCOCC2)C3)n1. The van der Waals surface area contributed by atoms with Crippen molar-refractivity contribution in [1.29, 1.82) is 0 Å².